The van der Waals surface area contributed by atoms with Gasteiger partial charge in [-0.05, 0) is 30.5 Å². The Kier molecular flexibility index (Phi) is 2.78. The van der Waals surface area contributed by atoms with E-state index in [9.17, 15) is 13.2 Å². The van der Waals surface area contributed by atoms with Gasteiger partial charge in [-0.3, -0.25) is 0 Å². The van der Waals surface area contributed by atoms with Gasteiger partial charge in [0.25, 0.3) is 0 Å². The highest BCUT2D eigenvalue weighted by Gasteiger charge is 2.35. The maximum absolute atomic E-state index is 11.6. The zero-order valence-corrected chi connectivity index (χ0v) is 11.2. The quantitative estimate of drug-likeness (QED) is 0.873. The third kappa shape index (κ3) is 2.20. The molecule has 1 saturated heterocycles. The van der Waals surface area contributed by atoms with Crippen molar-refractivity contribution in [1.82, 2.24) is 0 Å². The van der Waals surface area contributed by atoms with Crippen molar-refractivity contribution >= 4 is 21.5 Å². The Morgan fingerprint density at radius 3 is 2.79 bits per heavy atom. The molecule has 0 amide bonds. The monoisotopic (exact) mass is 281 g/mol. The predicted molar refractivity (Wildman–Crippen MR) is 71.5 cm³/mol. The van der Waals surface area contributed by atoms with Gasteiger partial charge >= 0.3 is 5.97 Å². The van der Waals surface area contributed by atoms with Crippen molar-refractivity contribution < 1.29 is 18.3 Å². The van der Waals surface area contributed by atoms with E-state index in [-0.39, 0.29) is 23.1 Å². The minimum absolute atomic E-state index is 0.00436. The van der Waals surface area contributed by atoms with Crippen LogP contribution in [0.5, 0.6) is 0 Å². The predicted octanol–water partition coefficient (Wildman–Crippen LogP) is 0.934. The summed E-state index contributed by atoms with van der Waals surface area (Å²) in [6, 6.07) is 5.10. The second-order valence-electron chi connectivity index (χ2n) is 5.15. The SMILES string of the molecule is O=C(O)c1ccc2c(c1)N(C1CCS(=O)(=O)C1)CC2. The third-order valence-electron chi connectivity index (χ3n) is 3.91. The largest absolute Gasteiger partial charge is 0.478 e. The molecule has 6 heteroatoms. The van der Waals surface area contributed by atoms with Crippen LogP contribution < -0.4 is 4.90 Å². The molecule has 1 aromatic carbocycles. The van der Waals surface area contributed by atoms with Crippen molar-refractivity contribution in [2.45, 2.75) is 18.9 Å². The third-order valence-corrected chi connectivity index (χ3v) is 5.66. The molecule has 3 rings (SSSR count). The number of hydrogen-bond acceptors (Lipinski definition) is 4. The summed E-state index contributed by atoms with van der Waals surface area (Å²) in [6.45, 7) is 0.776. The number of carboxylic acids is 1. The van der Waals surface area contributed by atoms with Crippen molar-refractivity contribution in [2.75, 3.05) is 23.0 Å². The van der Waals surface area contributed by atoms with Gasteiger partial charge in [-0.15, -0.1) is 0 Å². The Morgan fingerprint density at radius 2 is 2.16 bits per heavy atom. The molecule has 2 aliphatic heterocycles. The van der Waals surface area contributed by atoms with Crippen molar-refractivity contribution in [3.05, 3.63) is 29.3 Å². The van der Waals surface area contributed by atoms with Gasteiger partial charge in [0, 0.05) is 18.3 Å². The average Bonchev–Trinajstić information content (AvgIpc) is 2.91. The first-order valence-electron chi connectivity index (χ1n) is 6.29. The number of anilines is 1. The maximum atomic E-state index is 11.6. The molecule has 0 saturated carbocycles. The molecule has 0 spiro atoms. The Bertz CT molecular complexity index is 638. The number of hydrogen-bond donors (Lipinski definition) is 1. The minimum Gasteiger partial charge on any atom is -0.478 e. The molecular formula is C13H15NO4S. The first-order chi connectivity index (χ1) is 8.96. The van der Waals surface area contributed by atoms with Gasteiger partial charge in [-0.2, -0.15) is 0 Å². The molecule has 1 atom stereocenters. The molecular weight excluding hydrogens is 266 g/mol. The van der Waals surface area contributed by atoms with Crippen LogP contribution in [0, 0.1) is 0 Å². The molecule has 1 fully saturated rings. The summed E-state index contributed by atoms with van der Waals surface area (Å²) >= 11 is 0. The molecule has 1 aromatic rings. The molecule has 102 valence electrons. The normalized spacial score (nSPS) is 24.4. The number of rotatable bonds is 2. The topological polar surface area (TPSA) is 74.7 Å². The van der Waals surface area contributed by atoms with E-state index >= 15 is 0 Å². The molecule has 2 aliphatic rings. The highest BCUT2D eigenvalue weighted by Crippen LogP contribution is 2.33. The lowest BCUT2D eigenvalue weighted by Gasteiger charge is -2.26. The fraction of sp³-hybridized carbons (Fsp3) is 0.462. The van der Waals surface area contributed by atoms with Crippen LogP contribution in [0.2, 0.25) is 0 Å². The lowest BCUT2D eigenvalue weighted by atomic mass is 10.1. The van der Waals surface area contributed by atoms with Gasteiger partial charge < -0.3 is 10.0 Å². The van der Waals surface area contributed by atoms with Gasteiger partial charge in [0.1, 0.15) is 0 Å². The number of carbonyl (C=O) groups is 1. The van der Waals surface area contributed by atoms with E-state index < -0.39 is 15.8 Å². The van der Waals surface area contributed by atoms with E-state index in [1.54, 1.807) is 12.1 Å². The molecule has 5 nitrogen and oxygen atoms in total. The zero-order valence-electron chi connectivity index (χ0n) is 10.4. The van der Waals surface area contributed by atoms with E-state index in [2.05, 4.69) is 4.90 Å². The molecule has 0 aliphatic carbocycles. The van der Waals surface area contributed by atoms with E-state index in [0.29, 0.717) is 6.42 Å². The van der Waals surface area contributed by atoms with Crippen LogP contribution in [-0.2, 0) is 16.3 Å². The van der Waals surface area contributed by atoms with Crippen molar-refractivity contribution in [1.29, 1.82) is 0 Å². The van der Waals surface area contributed by atoms with E-state index in [0.717, 1.165) is 24.2 Å². The number of benzene rings is 1. The second-order valence-corrected chi connectivity index (χ2v) is 7.38. The Morgan fingerprint density at radius 1 is 1.37 bits per heavy atom. The Labute approximate surface area is 111 Å². The van der Waals surface area contributed by atoms with Crippen molar-refractivity contribution in [2.24, 2.45) is 0 Å². The van der Waals surface area contributed by atoms with Crippen LogP contribution in [0.25, 0.3) is 0 Å². The smallest absolute Gasteiger partial charge is 0.335 e. The van der Waals surface area contributed by atoms with Crippen molar-refractivity contribution in [3.8, 4) is 0 Å². The van der Waals surface area contributed by atoms with Gasteiger partial charge in [0.2, 0.25) is 0 Å². The fourth-order valence-corrected chi connectivity index (χ4v) is 4.67. The van der Waals surface area contributed by atoms with Gasteiger partial charge in [0.15, 0.2) is 9.84 Å². The zero-order chi connectivity index (χ0) is 13.6. The number of nitrogens with zero attached hydrogens (tertiary/aromatic N) is 1. The minimum atomic E-state index is -2.92. The maximum Gasteiger partial charge on any atom is 0.335 e. The second kappa shape index (κ2) is 4.23. The number of aromatic carboxylic acids is 1. The van der Waals surface area contributed by atoms with Crippen LogP contribution in [0.4, 0.5) is 5.69 Å². The summed E-state index contributed by atoms with van der Waals surface area (Å²) in [5.74, 6) is -0.528. The van der Waals surface area contributed by atoms with Crippen LogP contribution in [0.1, 0.15) is 22.3 Å². The van der Waals surface area contributed by atoms with Gasteiger partial charge in [-0.25, -0.2) is 13.2 Å². The molecule has 1 N–H and O–H groups in total. The molecule has 0 radical (unpaired) electrons. The van der Waals surface area contributed by atoms with Crippen LogP contribution in [0.3, 0.4) is 0 Å². The lowest BCUT2D eigenvalue weighted by molar-refractivity contribution is 0.0697. The Balaban J connectivity index is 1.93. The van der Waals surface area contributed by atoms with Crippen LogP contribution in [-0.4, -0.2) is 43.6 Å². The number of sulfone groups is 1. The number of carboxylic acid groups (broad SMARTS) is 1. The first kappa shape index (κ1) is 12.5. The summed E-state index contributed by atoms with van der Waals surface area (Å²) in [5, 5.41) is 9.04. The lowest BCUT2D eigenvalue weighted by Crippen LogP contribution is -2.34. The molecule has 0 aromatic heterocycles. The van der Waals surface area contributed by atoms with E-state index in [4.69, 9.17) is 5.11 Å². The van der Waals surface area contributed by atoms with Crippen molar-refractivity contribution in [3.63, 3.8) is 0 Å². The van der Waals surface area contributed by atoms with Gasteiger partial charge in [-0.1, -0.05) is 6.07 Å². The van der Waals surface area contributed by atoms with Crippen LogP contribution in [0.15, 0.2) is 18.2 Å². The molecule has 1 unspecified atom stereocenters. The highest BCUT2D eigenvalue weighted by atomic mass is 32.2. The Hall–Kier alpha value is -1.56. The summed E-state index contributed by atoms with van der Waals surface area (Å²) in [4.78, 5) is 13.1. The highest BCUT2D eigenvalue weighted by molar-refractivity contribution is 7.91. The van der Waals surface area contributed by atoms with Crippen LogP contribution >= 0.6 is 0 Å². The first-order valence-corrected chi connectivity index (χ1v) is 8.12. The summed E-state index contributed by atoms with van der Waals surface area (Å²) in [6.07, 6.45) is 1.49. The fourth-order valence-electron chi connectivity index (χ4n) is 2.94. The van der Waals surface area contributed by atoms with E-state index in [1.807, 2.05) is 6.07 Å². The number of fused-ring (bicyclic) bond motifs is 1. The molecule has 2 heterocycles. The standard InChI is InChI=1S/C13H15NO4S/c15-13(16)10-2-1-9-3-5-14(12(9)7-10)11-4-6-19(17,18)8-11/h1-2,7,11H,3-6,8H2,(H,15,16). The van der Waals surface area contributed by atoms with E-state index in [1.165, 1.54) is 0 Å². The van der Waals surface area contributed by atoms with Gasteiger partial charge in [0.05, 0.1) is 17.1 Å². The molecule has 19 heavy (non-hydrogen) atoms. The summed E-state index contributed by atoms with van der Waals surface area (Å²) < 4.78 is 23.1. The summed E-state index contributed by atoms with van der Waals surface area (Å²) in [5.41, 5.74) is 2.25. The molecule has 0 bridgehead atoms. The average molecular weight is 281 g/mol. The summed E-state index contributed by atoms with van der Waals surface area (Å²) in [7, 11) is -2.92.